The summed E-state index contributed by atoms with van der Waals surface area (Å²) in [5.74, 6) is -1.53. The van der Waals surface area contributed by atoms with Crippen LogP contribution in [-0.2, 0) is 9.47 Å². The molecule has 0 aromatic heterocycles. The van der Waals surface area contributed by atoms with Gasteiger partial charge in [0.25, 0.3) is 0 Å². The zero-order valence-electron chi connectivity index (χ0n) is 15.5. The van der Waals surface area contributed by atoms with E-state index in [2.05, 4.69) is 11.8 Å². The SMILES string of the molecule is COC(=O)c1ccc(C(=O)O)cc1-c1ccc(C(C)N2CCOCC2)cc1. The number of carboxylic acid groups (broad SMARTS) is 1. The second kappa shape index (κ2) is 8.33. The third-order valence-corrected chi connectivity index (χ3v) is 4.97. The van der Waals surface area contributed by atoms with E-state index in [1.807, 2.05) is 24.3 Å². The molecule has 1 aliphatic heterocycles. The van der Waals surface area contributed by atoms with Crippen molar-refractivity contribution in [2.45, 2.75) is 13.0 Å². The average Bonchev–Trinajstić information content (AvgIpc) is 2.73. The summed E-state index contributed by atoms with van der Waals surface area (Å²) >= 11 is 0. The number of ether oxygens (including phenoxy) is 2. The summed E-state index contributed by atoms with van der Waals surface area (Å²) in [4.78, 5) is 25.8. The highest BCUT2D eigenvalue weighted by Crippen LogP contribution is 2.29. The number of nitrogens with zero attached hydrogens (tertiary/aromatic N) is 1. The minimum absolute atomic E-state index is 0.128. The molecule has 142 valence electrons. The molecule has 0 radical (unpaired) electrons. The number of esters is 1. The Morgan fingerprint density at radius 1 is 1.11 bits per heavy atom. The fourth-order valence-electron chi connectivity index (χ4n) is 3.32. The van der Waals surface area contributed by atoms with Gasteiger partial charge in [0, 0.05) is 19.1 Å². The molecule has 0 bridgehead atoms. The molecule has 0 spiro atoms. The molecule has 3 rings (SSSR count). The van der Waals surface area contributed by atoms with E-state index < -0.39 is 11.9 Å². The van der Waals surface area contributed by atoms with Crippen molar-refractivity contribution in [3.63, 3.8) is 0 Å². The Morgan fingerprint density at radius 2 is 1.78 bits per heavy atom. The van der Waals surface area contributed by atoms with Crippen LogP contribution in [0.15, 0.2) is 42.5 Å². The van der Waals surface area contributed by atoms with Gasteiger partial charge in [-0.15, -0.1) is 0 Å². The maximum absolute atomic E-state index is 12.1. The summed E-state index contributed by atoms with van der Waals surface area (Å²) in [7, 11) is 1.31. The van der Waals surface area contributed by atoms with Crippen molar-refractivity contribution in [2.75, 3.05) is 33.4 Å². The predicted octanol–water partition coefficient (Wildman–Crippen LogP) is 3.23. The molecule has 1 N–H and O–H groups in total. The van der Waals surface area contributed by atoms with E-state index in [1.165, 1.54) is 25.3 Å². The maximum atomic E-state index is 12.1. The maximum Gasteiger partial charge on any atom is 0.338 e. The average molecular weight is 369 g/mol. The lowest BCUT2D eigenvalue weighted by Crippen LogP contribution is -2.37. The zero-order chi connectivity index (χ0) is 19.4. The topological polar surface area (TPSA) is 76.1 Å². The largest absolute Gasteiger partial charge is 0.478 e. The van der Waals surface area contributed by atoms with Crippen LogP contribution in [-0.4, -0.2) is 55.4 Å². The quantitative estimate of drug-likeness (QED) is 0.816. The second-order valence-electron chi connectivity index (χ2n) is 6.50. The first-order chi connectivity index (χ1) is 13.0. The number of benzene rings is 2. The lowest BCUT2D eigenvalue weighted by Gasteiger charge is -2.32. The molecular weight excluding hydrogens is 346 g/mol. The van der Waals surface area contributed by atoms with E-state index in [0.717, 1.165) is 37.4 Å². The fraction of sp³-hybridized carbons (Fsp3) is 0.333. The van der Waals surface area contributed by atoms with E-state index in [0.29, 0.717) is 11.1 Å². The molecule has 0 amide bonds. The van der Waals surface area contributed by atoms with Gasteiger partial charge in [-0.1, -0.05) is 24.3 Å². The van der Waals surface area contributed by atoms with Crippen LogP contribution in [0.1, 0.15) is 39.2 Å². The molecule has 1 heterocycles. The molecule has 1 saturated heterocycles. The first-order valence-electron chi connectivity index (χ1n) is 8.89. The molecule has 1 fully saturated rings. The number of aromatic carboxylic acids is 1. The third-order valence-electron chi connectivity index (χ3n) is 4.97. The highest BCUT2D eigenvalue weighted by atomic mass is 16.5. The van der Waals surface area contributed by atoms with E-state index in [4.69, 9.17) is 9.47 Å². The highest BCUT2D eigenvalue weighted by Gasteiger charge is 2.20. The number of morpholine rings is 1. The van der Waals surface area contributed by atoms with Crippen molar-refractivity contribution in [1.82, 2.24) is 4.90 Å². The number of carboxylic acids is 1. The molecule has 1 atom stereocenters. The number of carbonyl (C=O) groups excluding carboxylic acids is 1. The van der Waals surface area contributed by atoms with Gasteiger partial charge in [-0.05, 0) is 41.8 Å². The molecule has 0 aliphatic carbocycles. The number of carbonyl (C=O) groups is 2. The molecule has 1 aliphatic rings. The fourth-order valence-corrected chi connectivity index (χ4v) is 3.32. The van der Waals surface area contributed by atoms with Crippen molar-refractivity contribution in [1.29, 1.82) is 0 Å². The van der Waals surface area contributed by atoms with Gasteiger partial charge in [0.15, 0.2) is 0 Å². The van der Waals surface area contributed by atoms with E-state index >= 15 is 0 Å². The number of hydrogen-bond acceptors (Lipinski definition) is 5. The van der Waals surface area contributed by atoms with Gasteiger partial charge in [0.1, 0.15) is 0 Å². The smallest absolute Gasteiger partial charge is 0.338 e. The Hall–Kier alpha value is -2.70. The van der Waals surface area contributed by atoms with Crippen LogP contribution in [0.4, 0.5) is 0 Å². The minimum Gasteiger partial charge on any atom is -0.478 e. The zero-order valence-corrected chi connectivity index (χ0v) is 15.5. The van der Waals surface area contributed by atoms with E-state index in [9.17, 15) is 14.7 Å². The Kier molecular flexibility index (Phi) is 5.88. The van der Waals surface area contributed by atoms with Crippen LogP contribution in [0.2, 0.25) is 0 Å². The first-order valence-corrected chi connectivity index (χ1v) is 8.89. The Balaban J connectivity index is 1.92. The van der Waals surface area contributed by atoms with Crippen LogP contribution < -0.4 is 0 Å². The van der Waals surface area contributed by atoms with Gasteiger partial charge >= 0.3 is 11.9 Å². The summed E-state index contributed by atoms with van der Waals surface area (Å²) in [6, 6.07) is 12.5. The molecule has 6 nitrogen and oxygen atoms in total. The van der Waals surface area contributed by atoms with Crippen LogP contribution >= 0.6 is 0 Å². The predicted molar refractivity (Wildman–Crippen MR) is 101 cm³/mol. The summed E-state index contributed by atoms with van der Waals surface area (Å²) in [5.41, 5.74) is 2.96. The number of hydrogen-bond donors (Lipinski definition) is 1. The molecule has 2 aromatic carbocycles. The highest BCUT2D eigenvalue weighted by molar-refractivity contribution is 6.00. The normalized spacial score (nSPS) is 15.9. The number of methoxy groups -OCH3 is 1. The van der Waals surface area contributed by atoms with Crippen molar-refractivity contribution < 1.29 is 24.2 Å². The van der Waals surface area contributed by atoms with Crippen molar-refractivity contribution in [3.8, 4) is 11.1 Å². The molecular formula is C21H23NO5. The molecule has 0 saturated carbocycles. The molecule has 1 unspecified atom stereocenters. The summed E-state index contributed by atoms with van der Waals surface area (Å²) in [6.45, 7) is 5.44. The summed E-state index contributed by atoms with van der Waals surface area (Å²) < 4.78 is 10.2. The van der Waals surface area contributed by atoms with E-state index in [-0.39, 0.29) is 11.6 Å². The van der Waals surface area contributed by atoms with Crippen LogP contribution in [0, 0.1) is 0 Å². The second-order valence-corrected chi connectivity index (χ2v) is 6.50. The van der Waals surface area contributed by atoms with Crippen LogP contribution in [0.25, 0.3) is 11.1 Å². The van der Waals surface area contributed by atoms with Crippen molar-refractivity contribution >= 4 is 11.9 Å². The van der Waals surface area contributed by atoms with Crippen LogP contribution in [0.3, 0.4) is 0 Å². The van der Waals surface area contributed by atoms with Gasteiger partial charge in [0.05, 0.1) is 31.5 Å². The lowest BCUT2D eigenvalue weighted by atomic mass is 9.95. The summed E-state index contributed by atoms with van der Waals surface area (Å²) in [5, 5.41) is 9.27. The van der Waals surface area contributed by atoms with Gasteiger partial charge in [-0.2, -0.15) is 0 Å². The molecule has 27 heavy (non-hydrogen) atoms. The van der Waals surface area contributed by atoms with Gasteiger partial charge in [-0.25, -0.2) is 9.59 Å². The van der Waals surface area contributed by atoms with E-state index in [1.54, 1.807) is 0 Å². The van der Waals surface area contributed by atoms with Crippen molar-refractivity contribution in [2.24, 2.45) is 0 Å². The van der Waals surface area contributed by atoms with Gasteiger partial charge in [-0.3, -0.25) is 4.90 Å². The Morgan fingerprint density at radius 3 is 2.37 bits per heavy atom. The van der Waals surface area contributed by atoms with Crippen LogP contribution in [0.5, 0.6) is 0 Å². The lowest BCUT2D eigenvalue weighted by molar-refractivity contribution is 0.0198. The standard InChI is InChI=1S/C21H23NO5/c1-14(22-9-11-27-12-10-22)15-3-5-16(6-4-15)19-13-17(20(23)24)7-8-18(19)21(25)26-2/h3-8,13-14H,9-12H2,1-2H3,(H,23,24). The third kappa shape index (κ3) is 4.18. The molecule has 6 heteroatoms. The van der Waals surface area contributed by atoms with Crippen molar-refractivity contribution in [3.05, 3.63) is 59.2 Å². The minimum atomic E-state index is -1.04. The molecule has 2 aromatic rings. The van der Waals surface area contributed by atoms with Gasteiger partial charge < -0.3 is 14.6 Å². The Bertz CT molecular complexity index is 825. The summed E-state index contributed by atoms with van der Waals surface area (Å²) in [6.07, 6.45) is 0. The first kappa shape index (κ1) is 19.1. The monoisotopic (exact) mass is 369 g/mol. The number of rotatable bonds is 5. The Labute approximate surface area is 158 Å². The van der Waals surface area contributed by atoms with Gasteiger partial charge in [0.2, 0.25) is 0 Å².